The van der Waals surface area contributed by atoms with Crippen molar-refractivity contribution in [1.82, 2.24) is 9.88 Å². The number of para-hydroxylation sites is 1. The summed E-state index contributed by atoms with van der Waals surface area (Å²) in [6, 6.07) is 23.4. The highest BCUT2D eigenvalue weighted by atomic mass is 16.3. The van der Waals surface area contributed by atoms with E-state index in [-0.39, 0.29) is 11.6 Å². The van der Waals surface area contributed by atoms with Gasteiger partial charge >= 0.3 is 0 Å². The van der Waals surface area contributed by atoms with Crippen LogP contribution in [-0.4, -0.2) is 27.4 Å². The minimum absolute atomic E-state index is 0.101. The summed E-state index contributed by atoms with van der Waals surface area (Å²) in [5.41, 5.74) is 5.46. The number of fused-ring (bicyclic) bond motifs is 2. The molecule has 6 heteroatoms. The van der Waals surface area contributed by atoms with Crippen molar-refractivity contribution in [3.05, 3.63) is 95.1 Å². The summed E-state index contributed by atoms with van der Waals surface area (Å²) < 4.78 is 0. The van der Waals surface area contributed by atoms with Gasteiger partial charge in [-0.05, 0) is 41.3 Å². The zero-order valence-corrected chi connectivity index (χ0v) is 17.0. The molecule has 1 aromatic heterocycles. The van der Waals surface area contributed by atoms with Gasteiger partial charge in [0.05, 0.1) is 5.52 Å². The van der Waals surface area contributed by atoms with E-state index in [1.54, 1.807) is 12.1 Å². The second-order valence-electron chi connectivity index (χ2n) is 7.80. The molecule has 154 valence electrons. The number of rotatable bonds is 4. The third-order valence-corrected chi connectivity index (χ3v) is 5.72. The summed E-state index contributed by atoms with van der Waals surface area (Å²) in [5, 5.41) is 18.6. The summed E-state index contributed by atoms with van der Waals surface area (Å²) in [4.78, 5) is 17.7. The van der Waals surface area contributed by atoms with E-state index in [1.807, 2.05) is 36.4 Å². The molecule has 2 N–H and O–H groups in total. The van der Waals surface area contributed by atoms with Crippen molar-refractivity contribution in [3.63, 3.8) is 0 Å². The number of hydrogen-bond acceptors (Lipinski definition) is 4. The predicted octanol–water partition coefficient (Wildman–Crippen LogP) is 5.36. The number of aromatic amines is 1. The van der Waals surface area contributed by atoms with Crippen molar-refractivity contribution in [1.29, 1.82) is 0 Å². The molecule has 0 spiro atoms. The van der Waals surface area contributed by atoms with Gasteiger partial charge in [-0.2, -0.15) is 0 Å². The first-order valence-corrected chi connectivity index (χ1v) is 10.3. The number of aromatic nitrogens is 1. The van der Waals surface area contributed by atoms with E-state index in [0.29, 0.717) is 5.56 Å². The number of nitrogens with one attached hydrogen (secondary N) is 1. The Morgan fingerprint density at radius 1 is 0.968 bits per heavy atom. The number of nitrogens with zero attached hydrogens (tertiary/aromatic N) is 3. The lowest BCUT2D eigenvalue weighted by atomic mass is 9.99. The zero-order valence-electron chi connectivity index (χ0n) is 17.0. The highest BCUT2D eigenvalue weighted by Crippen LogP contribution is 2.35. The summed E-state index contributed by atoms with van der Waals surface area (Å²) >= 11 is 0. The van der Waals surface area contributed by atoms with Crippen LogP contribution in [0.25, 0.3) is 10.9 Å². The smallest absolute Gasteiger partial charge is 0.295 e. The minimum atomic E-state index is -0.442. The molecule has 4 aromatic rings. The van der Waals surface area contributed by atoms with Gasteiger partial charge < -0.3 is 10.1 Å². The number of amides is 1. The van der Waals surface area contributed by atoms with Crippen LogP contribution in [0, 0.1) is 0 Å². The van der Waals surface area contributed by atoms with Crippen LogP contribution in [0.3, 0.4) is 0 Å². The maximum atomic E-state index is 12.5. The summed E-state index contributed by atoms with van der Waals surface area (Å²) in [6.45, 7) is 2.81. The maximum Gasteiger partial charge on any atom is 0.295 e. The molecule has 3 aromatic carbocycles. The average Bonchev–Trinajstić information content (AvgIpc) is 3.13. The molecule has 1 amide bonds. The molecule has 0 saturated carbocycles. The molecular formula is C25H22N4O2. The fourth-order valence-electron chi connectivity index (χ4n) is 4.07. The van der Waals surface area contributed by atoms with Gasteiger partial charge in [0.2, 0.25) is 5.88 Å². The Hall–Kier alpha value is -3.77. The van der Waals surface area contributed by atoms with E-state index in [0.717, 1.165) is 42.5 Å². The summed E-state index contributed by atoms with van der Waals surface area (Å²) in [5.74, 6) is -0.542. The van der Waals surface area contributed by atoms with Crippen LogP contribution in [0.4, 0.5) is 5.69 Å². The lowest BCUT2D eigenvalue weighted by Crippen LogP contribution is -2.29. The van der Waals surface area contributed by atoms with Crippen molar-refractivity contribution >= 4 is 22.5 Å². The Kier molecular flexibility index (Phi) is 5.06. The van der Waals surface area contributed by atoms with Crippen LogP contribution in [-0.2, 0) is 19.5 Å². The molecule has 31 heavy (non-hydrogen) atoms. The van der Waals surface area contributed by atoms with Crippen molar-refractivity contribution in [3.8, 4) is 5.88 Å². The normalized spacial score (nSPS) is 14.2. The van der Waals surface area contributed by atoms with Gasteiger partial charge in [-0.3, -0.25) is 9.69 Å². The third kappa shape index (κ3) is 3.98. The summed E-state index contributed by atoms with van der Waals surface area (Å²) in [6.07, 6.45) is 1.06. The first kappa shape index (κ1) is 19.2. The first-order valence-electron chi connectivity index (χ1n) is 10.3. The van der Waals surface area contributed by atoms with Crippen LogP contribution >= 0.6 is 0 Å². The zero-order chi connectivity index (χ0) is 21.2. The molecular weight excluding hydrogens is 388 g/mol. The van der Waals surface area contributed by atoms with E-state index in [9.17, 15) is 9.90 Å². The van der Waals surface area contributed by atoms with E-state index in [4.69, 9.17) is 0 Å². The molecule has 1 aliphatic heterocycles. The number of aromatic hydroxyl groups is 1. The molecule has 1 aliphatic rings. The molecule has 0 fully saturated rings. The van der Waals surface area contributed by atoms with Crippen molar-refractivity contribution in [2.24, 2.45) is 10.2 Å². The van der Waals surface area contributed by atoms with Crippen LogP contribution in [0.2, 0.25) is 0 Å². The molecule has 0 bridgehead atoms. The Morgan fingerprint density at radius 3 is 2.55 bits per heavy atom. The quantitative estimate of drug-likeness (QED) is 0.445. The molecule has 0 unspecified atom stereocenters. The standard InChI is InChI=1S/C25H22N4O2/c30-24(28-27-23-21-7-3-4-8-22(21)26-25(23)31)19-11-9-17(10-12-19)15-29-14-13-18-5-1-2-6-20(18)16-29/h1-12,26,31H,13-16H2. The molecule has 0 saturated heterocycles. The molecule has 0 radical (unpaired) electrons. The number of benzene rings is 3. The second kappa shape index (κ2) is 8.16. The molecule has 2 heterocycles. The van der Waals surface area contributed by atoms with Crippen LogP contribution < -0.4 is 0 Å². The second-order valence-corrected chi connectivity index (χ2v) is 7.80. The Morgan fingerprint density at radius 2 is 1.71 bits per heavy atom. The third-order valence-electron chi connectivity index (χ3n) is 5.72. The van der Waals surface area contributed by atoms with Gasteiger partial charge in [0.25, 0.3) is 5.91 Å². The number of hydrogen-bond donors (Lipinski definition) is 2. The predicted molar refractivity (Wildman–Crippen MR) is 120 cm³/mol. The number of azo groups is 1. The fraction of sp³-hybridized carbons (Fsp3) is 0.160. The van der Waals surface area contributed by atoms with Crippen LogP contribution in [0.5, 0.6) is 5.88 Å². The molecule has 5 rings (SSSR count). The number of carbonyl (C=O) groups excluding carboxylic acids is 1. The molecule has 6 nitrogen and oxygen atoms in total. The van der Waals surface area contributed by atoms with Gasteiger partial charge in [0, 0.05) is 30.6 Å². The van der Waals surface area contributed by atoms with Gasteiger partial charge in [0.15, 0.2) is 5.69 Å². The monoisotopic (exact) mass is 410 g/mol. The summed E-state index contributed by atoms with van der Waals surface area (Å²) in [7, 11) is 0. The maximum absolute atomic E-state index is 12.5. The lowest BCUT2D eigenvalue weighted by Gasteiger charge is -2.28. The fourth-order valence-corrected chi connectivity index (χ4v) is 4.07. The largest absolute Gasteiger partial charge is 0.493 e. The van der Waals surface area contributed by atoms with Gasteiger partial charge in [0.1, 0.15) is 0 Å². The minimum Gasteiger partial charge on any atom is -0.493 e. The van der Waals surface area contributed by atoms with Crippen LogP contribution in [0.15, 0.2) is 83.0 Å². The topological polar surface area (TPSA) is 81.0 Å². The van der Waals surface area contributed by atoms with Crippen LogP contribution in [0.1, 0.15) is 27.0 Å². The van der Waals surface area contributed by atoms with E-state index in [2.05, 4.69) is 44.4 Å². The highest BCUT2D eigenvalue weighted by Gasteiger charge is 2.16. The van der Waals surface area contributed by atoms with Crippen molar-refractivity contribution in [2.75, 3.05) is 6.54 Å². The Bertz CT molecular complexity index is 1270. The van der Waals surface area contributed by atoms with Gasteiger partial charge in [-0.1, -0.05) is 54.6 Å². The van der Waals surface area contributed by atoms with E-state index >= 15 is 0 Å². The Labute approximate surface area is 179 Å². The SMILES string of the molecule is O=C(N=Nc1c(O)[nH]c2ccccc12)c1ccc(CN2CCc3ccccc3C2)cc1. The van der Waals surface area contributed by atoms with Crippen molar-refractivity contribution in [2.45, 2.75) is 19.5 Å². The molecule has 0 aliphatic carbocycles. The van der Waals surface area contributed by atoms with Gasteiger partial charge in [-0.15, -0.1) is 10.2 Å². The molecule has 0 atom stereocenters. The Balaban J connectivity index is 1.26. The van der Waals surface area contributed by atoms with Gasteiger partial charge in [-0.25, -0.2) is 0 Å². The number of H-pyrrole nitrogens is 1. The van der Waals surface area contributed by atoms with E-state index in [1.165, 1.54) is 11.1 Å². The lowest BCUT2D eigenvalue weighted by molar-refractivity contribution is 0.0995. The number of carbonyl (C=O) groups is 1. The highest BCUT2D eigenvalue weighted by molar-refractivity contribution is 5.96. The first-order chi connectivity index (χ1) is 15.2. The average molecular weight is 410 g/mol. The van der Waals surface area contributed by atoms with E-state index < -0.39 is 5.91 Å². The van der Waals surface area contributed by atoms with Crippen molar-refractivity contribution < 1.29 is 9.90 Å².